The second-order valence-electron chi connectivity index (χ2n) is 15.7. The average molecular weight is 874 g/mol. The molecule has 5 aliphatic heterocycles. The number of aromatic nitrogens is 2. The van der Waals surface area contributed by atoms with Gasteiger partial charge >= 0.3 is 30.3 Å². The van der Waals surface area contributed by atoms with Crippen molar-refractivity contribution in [1.29, 1.82) is 0 Å². The predicted octanol–water partition coefficient (Wildman–Crippen LogP) is 7.47. The number of anilines is 1. The van der Waals surface area contributed by atoms with Crippen LogP contribution in [0.25, 0.3) is 32.8 Å². The van der Waals surface area contributed by atoms with Gasteiger partial charge in [-0.1, -0.05) is 12.1 Å². The Hall–Kier alpha value is -5.60. The van der Waals surface area contributed by atoms with Crippen LogP contribution in [0.3, 0.4) is 0 Å². The summed E-state index contributed by atoms with van der Waals surface area (Å²) in [6.45, 7) is 4.46. The third-order valence-electron chi connectivity index (χ3n) is 11.2. The third kappa shape index (κ3) is 9.81. The lowest BCUT2D eigenvalue weighted by atomic mass is 9.89. The maximum absolute atomic E-state index is 17.0. The molecule has 3 saturated heterocycles. The Kier molecular flexibility index (Phi) is 12.6. The highest BCUT2D eigenvalue weighted by Crippen LogP contribution is 2.43. The van der Waals surface area contributed by atoms with Gasteiger partial charge in [0.05, 0.1) is 11.1 Å². The van der Waals surface area contributed by atoms with E-state index >= 15 is 8.78 Å². The fraction of sp³-hybridized carbons (Fsp3) is 0.475. The van der Waals surface area contributed by atoms with E-state index in [4.69, 9.17) is 29.5 Å². The highest BCUT2D eigenvalue weighted by Gasteiger charge is 2.49. The van der Waals surface area contributed by atoms with Crippen molar-refractivity contribution >= 4 is 45.3 Å². The summed E-state index contributed by atoms with van der Waals surface area (Å²) in [6.07, 6.45) is -6.57. The number of carboxylic acid groups (broad SMARTS) is 2. The predicted molar refractivity (Wildman–Crippen MR) is 201 cm³/mol. The molecule has 5 aliphatic rings. The summed E-state index contributed by atoms with van der Waals surface area (Å²) < 4.78 is 117. The van der Waals surface area contributed by atoms with Crippen molar-refractivity contribution in [1.82, 2.24) is 20.2 Å². The summed E-state index contributed by atoms with van der Waals surface area (Å²) in [5.41, 5.74) is -0.119. The molecule has 21 heteroatoms. The van der Waals surface area contributed by atoms with Gasteiger partial charge in [-0.3, -0.25) is 9.69 Å². The van der Waals surface area contributed by atoms with Crippen LogP contribution in [0.1, 0.15) is 57.4 Å². The Bertz CT molecular complexity index is 2320. The third-order valence-corrected chi connectivity index (χ3v) is 11.2. The summed E-state index contributed by atoms with van der Waals surface area (Å²) in [5.74, 6) is -6.31. The van der Waals surface area contributed by atoms with Crippen LogP contribution in [-0.2, 0) is 20.8 Å². The number of amides is 1. The molecule has 1 aromatic heterocycles. The Labute approximate surface area is 341 Å². The number of benzene rings is 3. The second kappa shape index (κ2) is 17.0. The molecule has 12 nitrogen and oxygen atoms in total. The molecule has 61 heavy (non-hydrogen) atoms. The molecule has 4 aromatic rings. The first-order chi connectivity index (χ1) is 28.5. The van der Waals surface area contributed by atoms with Crippen molar-refractivity contribution in [3.63, 3.8) is 0 Å². The minimum absolute atomic E-state index is 0.00277. The number of carbonyl (C=O) groups is 3. The van der Waals surface area contributed by atoms with Gasteiger partial charge in [0.25, 0.3) is 0 Å². The van der Waals surface area contributed by atoms with E-state index in [0.717, 1.165) is 32.2 Å². The number of phenols is 1. The molecule has 1 amide bonds. The molecule has 3 aromatic carbocycles. The van der Waals surface area contributed by atoms with E-state index in [0.29, 0.717) is 65.6 Å². The number of nitrogens with one attached hydrogen (secondary N) is 1. The van der Waals surface area contributed by atoms with Crippen LogP contribution < -0.4 is 15.0 Å². The summed E-state index contributed by atoms with van der Waals surface area (Å²) in [7, 11) is 0. The highest BCUT2D eigenvalue weighted by atomic mass is 19.4. The second-order valence-corrected chi connectivity index (χ2v) is 15.7. The Morgan fingerprint density at radius 3 is 2.26 bits per heavy atom. The average Bonchev–Trinajstić information content (AvgIpc) is 3.69. The van der Waals surface area contributed by atoms with Gasteiger partial charge in [-0.2, -0.15) is 36.3 Å². The topological polar surface area (TPSA) is 165 Å². The molecule has 6 heterocycles. The molecule has 4 N–H and O–H groups in total. The summed E-state index contributed by atoms with van der Waals surface area (Å²) in [6, 6.07) is 9.29. The molecule has 0 spiro atoms. The van der Waals surface area contributed by atoms with E-state index in [1.807, 2.05) is 6.92 Å². The minimum atomic E-state index is -5.08. The van der Waals surface area contributed by atoms with Crippen LogP contribution in [0.4, 0.5) is 45.3 Å². The lowest BCUT2D eigenvalue weighted by molar-refractivity contribution is -0.193. The lowest BCUT2D eigenvalue weighted by Crippen LogP contribution is -2.57. The van der Waals surface area contributed by atoms with E-state index < -0.39 is 53.2 Å². The number of carboxylic acids is 2. The molecular formula is C40H40F9N5O7. The van der Waals surface area contributed by atoms with Gasteiger partial charge in [-0.25, -0.2) is 22.8 Å². The zero-order valence-electron chi connectivity index (χ0n) is 32.4. The monoisotopic (exact) mass is 873 g/mol. The van der Waals surface area contributed by atoms with Crippen molar-refractivity contribution in [2.24, 2.45) is 0 Å². The number of hydrogen-bond acceptors (Lipinski definition) is 9. The number of rotatable bonds is 3. The highest BCUT2D eigenvalue weighted by molar-refractivity contribution is 6.03. The first kappa shape index (κ1) is 44.9. The van der Waals surface area contributed by atoms with Gasteiger partial charge in [-0.05, 0) is 98.2 Å². The van der Waals surface area contributed by atoms with E-state index in [9.17, 15) is 40.6 Å². The normalized spacial score (nSPS) is 22.9. The number of alkyl halides is 7. The zero-order valence-corrected chi connectivity index (χ0v) is 32.4. The summed E-state index contributed by atoms with van der Waals surface area (Å²) in [5, 5.41) is 29.7. The Morgan fingerprint density at radius 2 is 1.59 bits per heavy atom. The fourth-order valence-corrected chi connectivity index (χ4v) is 8.59. The van der Waals surface area contributed by atoms with Gasteiger partial charge in [0.15, 0.2) is 5.82 Å². The van der Waals surface area contributed by atoms with E-state index in [1.54, 1.807) is 18.2 Å². The molecular weight excluding hydrogens is 833 g/mol. The Balaban J connectivity index is 0.000000385. The molecule has 330 valence electrons. The smallest absolute Gasteiger partial charge is 0.490 e. The quantitative estimate of drug-likeness (QED) is 0.151. The summed E-state index contributed by atoms with van der Waals surface area (Å²) in [4.78, 5) is 44.7. The number of nitrogens with zero attached hydrogens (tertiary/aromatic N) is 4. The minimum Gasteiger partial charge on any atom is -0.508 e. The van der Waals surface area contributed by atoms with Gasteiger partial charge in [-0.15, -0.1) is 0 Å². The van der Waals surface area contributed by atoms with Crippen LogP contribution >= 0.6 is 0 Å². The van der Waals surface area contributed by atoms with Crippen molar-refractivity contribution in [3.8, 4) is 22.9 Å². The molecule has 0 radical (unpaired) electrons. The van der Waals surface area contributed by atoms with E-state index in [2.05, 4.69) is 20.1 Å². The molecule has 3 fully saturated rings. The number of halogens is 9. The molecule has 0 unspecified atom stereocenters. The first-order valence-corrected chi connectivity index (χ1v) is 19.1. The van der Waals surface area contributed by atoms with Crippen molar-refractivity contribution in [2.75, 3.05) is 37.7 Å². The maximum atomic E-state index is 17.0. The molecule has 0 saturated carbocycles. The number of aryl methyl sites for hydroxylation is 1. The maximum Gasteiger partial charge on any atom is 0.490 e. The van der Waals surface area contributed by atoms with Crippen LogP contribution in [0.15, 0.2) is 36.4 Å². The first-order valence-electron chi connectivity index (χ1n) is 19.1. The van der Waals surface area contributed by atoms with Crippen molar-refractivity contribution in [3.05, 3.63) is 53.6 Å². The van der Waals surface area contributed by atoms with Gasteiger partial charge in [0, 0.05) is 43.4 Å². The van der Waals surface area contributed by atoms with E-state index in [-0.39, 0.29) is 48.2 Å². The standard InChI is InChI=1S/C36H38F3N5O3.2C2HF3O2/c1-35-11-3-13-43(19-35)33-26-9-8-24(27-16-23(45)15-21-7-10-28(38)25(30(21)27)5-2-6-29(46)42-35)31(39)32(26)40-34(41-33)47-20-36-12-4-14-44(36)18-22(37)17-36;2*3-2(4,5)1(6)7/h7-10,15-16,22,45H,2-6,11-14,17-20H2,1H3,(H,42,46);2*(H,6,7)/t22-,35-,36+;;/m1../s1. The SMILES string of the molecule is C[C@@]12CCCN(C1)c1nc(OC[C@@]34CCCN3C[C@H](F)C4)nc3c(F)c(ccc13)-c1cc(O)cc3ccc(F)c(c13)CCCC(=O)N2.O=C(O)C(F)(F)F.O=C(O)C(F)(F)F. The number of carbonyl (C=O) groups excluding carboxylic acids is 1. The van der Waals surface area contributed by atoms with Crippen LogP contribution in [0.2, 0.25) is 0 Å². The summed E-state index contributed by atoms with van der Waals surface area (Å²) >= 11 is 0. The van der Waals surface area contributed by atoms with Crippen LogP contribution in [0.5, 0.6) is 11.8 Å². The molecule has 6 bridgehead atoms. The van der Waals surface area contributed by atoms with E-state index in [1.165, 1.54) is 18.2 Å². The van der Waals surface area contributed by atoms with Gasteiger partial charge in [0.1, 0.15) is 35.7 Å². The van der Waals surface area contributed by atoms with Crippen LogP contribution in [0, 0.1) is 11.6 Å². The van der Waals surface area contributed by atoms with Gasteiger partial charge in [0.2, 0.25) is 5.91 Å². The number of hydrogen-bond donors (Lipinski definition) is 4. The molecule has 0 aliphatic carbocycles. The van der Waals surface area contributed by atoms with Gasteiger partial charge < -0.3 is 30.3 Å². The molecule has 3 atom stereocenters. The number of fused-ring (bicyclic) bond motifs is 6. The number of piperidine rings is 1. The van der Waals surface area contributed by atoms with Crippen LogP contribution in [-0.4, -0.2) is 110 Å². The number of ether oxygens (including phenoxy) is 1. The number of aliphatic carboxylic acids is 2. The number of aromatic hydroxyl groups is 1. The lowest BCUT2D eigenvalue weighted by Gasteiger charge is -2.42. The Morgan fingerprint density at radius 1 is 0.918 bits per heavy atom. The zero-order chi connectivity index (χ0) is 44.7. The molecule has 9 rings (SSSR count). The van der Waals surface area contributed by atoms with Crippen molar-refractivity contribution in [2.45, 2.75) is 87.9 Å². The largest absolute Gasteiger partial charge is 0.508 e. The number of phenolic OH excluding ortho intramolecular Hbond substituents is 1. The van der Waals surface area contributed by atoms with Crippen molar-refractivity contribution < 1.29 is 74.0 Å². The fourth-order valence-electron chi connectivity index (χ4n) is 8.59.